The highest BCUT2D eigenvalue weighted by atomic mass is 16.6. The van der Waals surface area contributed by atoms with Crippen LogP contribution in [0.1, 0.15) is 18.7 Å². The van der Waals surface area contributed by atoms with Crippen molar-refractivity contribution < 1.29 is 23.3 Å². The molecule has 150 valence electrons. The lowest BCUT2D eigenvalue weighted by atomic mass is 10.0. The average Bonchev–Trinajstić information content (AvgIpc) is 3.36. The molecule has 0 saturated carbocycles. The van der Waals surface area contributed by atoms with Gasteiger partial charge in [-0.05, 0) is 19.1 Å². The van der Waals surface area contributed by atoms with Crippen LogP contribution in [0.2, 0.25) is 0 Å². The second kappa shape index (κ2) is 8.01. The highest BCUT2D eigenvalue weighted by Crippen LogP contribution is 2.27. The molecule has 0 N–H and O–H groups in total. The Kier molecular flexibility index (Phi) is 5.29. The quantitative estimate of drug-likeness (QED) is 0.747. The first-order valence-electron chi connectivity index (χ1n) is 9.43. The summed E-state index contributed by atoms with van der Waals surface area (Å²) in [4.78, 5) is 34.1. The number of piperazine rings is 1. The lowest BCUT2D eigenvalue weighted by molar-refractivity contribution is -0.135. The summed E-state index contributed by atoms with van der Waals surface area (Å²) in [6.45, 7) is 5.98. The van der Waals surface area contributed by atoms with Gasteiger partial charge in [-0.15, -0.1) is 0 Å². The van der Waals surface area contributed by atoms with Crippen molar-refractivity contribution in [3.8, 4) is 11.6 Å². The van der Waals surface area contributed by atoms with Crippen molar-refractivity contribution in [2.24, 2.45) is 0 Å². The summed E-state index contributed by atoms with van der Waals surface area (Å²) in [6.07, 6.45) is 1.25. The molecule has 2 amide bonds. The second-order valence-electron chi connectivity index (χ2n) is 6.89. The van der Waals surface area contributed by atoms with Crippen LogP contribution in [0.25, 0.3) is 11.6 Å². The van der Waals surface area contributed by atoms with Gasteiger partial charge < -0.3 is 23.5 Å². The standard InChI is InChI=1S/C18H23N5O5/c1-2-26-18(25)23-7-5-22(6-8-23)15(24)12-21-10-13(11-21)17-19-16(20-28-17)14-4-3-9-27-14/h3-4,9,13H,2,5-8,10-12H2,1H3. The Hall–Kier alpha value is -2.88. The first-order chi connectivity index (χ1) is 13.6. The fraction of sp³-hybridized carbons (Fsp3) is 0.556. The van der Waals surface area contributed by atoms with E-state index in [9.17, 15) is 9.59 Å². The summed E-state index contributed by atoms with van der Waals surface area (Å²) in [5.41, 5.74) is 0. The molecule has 0 radical (unpaired) electrons. The van der Waals surface area contributed by atoms with Crippen molar-refractivity contribution in [1.82, 2.24) is 24.8 Å². The zero-order chi connectivity index (χ0) is 19.5. The minimum absolute atomic E-state index is 0.0729. The Bertz CT molecular complexity index is 806. The molecule has 2 aromatic heterocycles. The lowest BCUT2D eigenvalue weighted by Gasteiger charge is -2.39. The van der Waals surface area contributed by atoms with Crippen LogP contribution in [0.5, 0.6) is 0 Å². The van der Waals surface area contributed by atoms with Crippen LogP contribution < -0.4 is 0 Å². The van der Waals surface area contributed by atoms with Crippen molar-refractivity contribution in [1.29, 1.82) is 0 Å². The predicted molar refractivity (Wildman–Crippen MR) is 96.4 cm³/mol. The molecule has 0 bridgehead atoms. The molecule has 0 atom stereocenters. The maximum atomic E-state index is 12.5. The van der Waals surface area contributed by atoms with E-state index in [1.165, 1.54) is 0 Å². The van der Waals surface area contributed by atoms with Crippen LogP contribution in [-0.4, -0.2) is 89.3 Å². The van der Waals surface area contributed by atoms with E-state index in [0.717, 1.165) is 0 Å². The van der Waals surface area contributed by atoms with E-state index in [2.05, 4.69) is 15.0 Å². The Balaban J connectivity index is 1.21. The molecule has 28 heavy (non-hydrogen) atoms. The monoisotopic (exact) mass is 389 g/mol. The van der Waals surface area contributed by atoms with E-state index >= 15 is 0 Å². The molecule has 2 aliphatic rings. The molecule has 0 aliphatic carbocycles. The number of ether oxygens (including phenoxy) is 1. The summed E-state index contributed by atoms with van der Waals surface area (Å²) in [5, 5.41) is 3.94. The SMILES string of the molecule is CCOC(=O)N1CCN(C(=O)CN2CC(c3nc(-c4ccco4)no3)C2)CC1. The molecule has 2 saturated heterocycles. The van der Waals surface area contributed by atoms with Crippen LogP contribution in [0.4, 0.5) is 4.79 Å². The Morgan fingerprint density at radius 3 is 2.64 bits per heavy atom. The van der Waals surface area contributed by atoms with Crippen molar-refractivity contribution in [2.75, 3.05) is 52.4 Å². The van der Waals surface area contributed by atoms with Crippen molar-refractivity contribution in [3.05, 3.63) is 24.3 Å². The minimum atomic E-state index is -0.311. The van der Waals surface area contributed by atoms with Gasteiger partial charge in [0.25, 0.3) is 0 Å². The maximum absolute atomic E-state index is 12.5. The number of furan rings is 1. The topological polar surface area (TPSA) is 105 Å². The summed E-state index contributed by atoms with van der Waals surface area (Å²) in [7, 11) is 0. The third kappa shape index (κ3) is 3.86. The Morgan fingerprint density at radius 1 is 1.21 bits per heavy atom. The van der Waals surface area contributed by atoms with Gasteiger partial charge in [0.05, 0.1) is 25.3 Å². The van der Waals surface area contributed by atoms with Crippen LogP contribution in [0.15, 0.2) is 27.3 Å². The number of aromatic nitrogens is 2. The van der Waals surface area contributed by atoms with E-state index in [1.807, 2.05) is 0 Å². The van der Waals surface area contributed by atoms with E-state index < -0.39 is 0 Å². The molecule has 0 unspecified atom stereocenters. The molecular formula is C18H23N5O5. The predicted octanol–water partition coefficient (Wildman–Crippen LogP) is 1.03. The molecule has 2 aliphatic heterocycles. The van der Waals surface area contributed by atoms with Crippen LogP contribution in [-0.2, 0) is 9.53 Å². The number of nitrogens with zero attached hydrogens (tertiary/aromatic N) is 5. The smallest absolute Gasteiger partial charge is 0.409 e. The number of hydrogen-bond donors (Lipinski definition) is 0. The van der Waals surface area contributed by atoms with Crippen LogP contribution in [0, 0.1) is 0 Å². The fourth-order valence-corrected chi connectivity index (χ4v) is 3.41. The molecule has 4 rings (SSSR count). The van der Waals surface area contributed by atoms with Gasteiger partial charge in [0.1, 0.15) is 0 Å². The number of carbonyl (C=O) groups is 2. The second-order valence-corrected chi connectivity index (χ2v) is 6.89. The molecule has 0 spiro atoms. The van der Waals surface area contributed by atoms with Crippen LogP contribution in [0.3, 0.4) is 0 Å². The van der Waals surface area contributed by atoms with Gasteiger partial charge >= 0.3 is 6.09 Å². The molecular weight excluding hydrogens is 366 g/mol. The Morgan fingerprint density at radius 2 is 1.96 bits per heavy atom. The van der Waals surface area contributed by atoms with Gasteiger partial charge in [-0.25, -0.2) is 4.79 Å². The lowest BCUT2D eigenvalue weighted by Crippen LogP contribution is -2.55. The zero-order valence-electron chi connectivity index (χ0n) is 15.7. The summed E-state index contributed by atoms with van der Waals surface area (Å²) in [6, 6.07) is 3.55. The molecule has 2 fully saturated rings. The van der Waals surface area contributed by atoms with E-state index in [-0.39, 0.29) is 17.9 Å². The van der Waals surface area contributed by atoms with E-state index in [0.29, 0.717) is 69.9 Å². The first kappa shape index (κ1) is 18.5. The fourth-order valence-electron chi connectivity index (χ4n) is 3.41. The van der Waals surface area contributed by atoms with Crippen molar-refractivity contribution in [3.63, 3.8) is 0 Å². The van der Waals surface area contributed by atoms with Gasteiger partial charge in [-0.1, -0.05) is 5.16 Å². The number of hydrogen-bond acceptors (Lipinski definition) is 8. The largest absolute Gasteiger partial charge is 0.461 e. The summed E-state index contributed by atoms with van der Waals surface area (Å²) < 4.78 is 15.6. The van der Waals surface area contributed by atoms with Gasteiger partial charge in [0.15, 0.2) is 5.76 Å². The van der Waals surface area contributed by atoms with Gasteiger partial charge in [0, 0.05) is 39.3 Å². The normalized spacial score (nSPS) is 18.2. The highest BCUT2D eigenvalue weighted by molar-refractivity contribution is 5.79. The minimum Gasteiger partial charge on any atom is -0.461 e. The number of carbonyl (C=O) groups excluding carboxylic acids is 2. The van der Waals surface area contributed by atoms with Gasteiger partial charge in [0.2, 0.25) is 17.6 Å². The molecule has 0 aromatic carbocycles. The van der Waals surface area contributed by atoms with E-state index in [4.69, 9.17) is 13.7 Å². The van der Waals surface area contributed by atoms with Gasteiger partial charge in [-0.3, -0.25) is 9.69 Å². The Labute approximate surface area is 162 Å². The highest BCUT2D eigenvalue weighted by Gasteiger charge is 2.35. The third-order valence-corrected chi connectivity index (χ3v) is 5.01. The first-order valence-corrected chi connectivity index (χ1v) is 9.43. The van der Waals surface area contributed by atoms with Gasteiger partial charge in [-0.2, -0.15) is 4.98 Å². The molecule has 2 aromatic rings. The number of amides is 2. The average molecular weight is 389 g/mol. The molecule has 4 heterocycles. The number of rotatable bonds is 5. The third-order valence-electron chi connectivity index (χ3n) is 5.01. The van der Waals surface area contributed by atoms with Crippen molar-refractivity contribution >= 4 is 12.0 Å². The summed E-state index contributed by atoms with van der Waals surface area (Å²) in [5.74, 6) is 1.78. The maximum Gasteiger partial charge on any atom is 0.409 e. The summed E-state index contributed by atoms with van der Waals surface area (Å²) >= 11 is 0. The van der Waals surface area contributed by atoms with Crippen LogP contribution >= 0.6 is 0 Å². The van der Waals surface area contributed by atoms with E-state index in [1.54, 1.807) is 35.1 Å². The number of likely N-dealkylation sites (tertiary alicyclic amines) is 1. The molecule has 10 nitrogen and oxygen atoms in total. The zero-order valence-corrected chi connectivity index (χ0v) is 15.7. The van der Waals surface area contributed by atoms with Crippen molar-refractivity contribution in [2.45, 2.75) is 12.8 Å². The molecule has 10 heteroatoms.